The molecule has 0 amide bonds. The van der Waals surface area contributed by atoms with E-state index in [1.165, 1.54) is 38.6 Å². The molecule has 0 aromatic carbocycles. The molecule has 0 bridgehead atoms. The van der Waals surface area contributed by atoms with E-state index >= 15 is 0 Å². The Morgan fingerprint density at radius 1 is 1.36 bits per heavy atom. The summed E-state index contributed by atoms with van der Waals surface area (Å²) >= 11 is 0. The summed E-state index contributed by atoms with van der Waals surface area (Å²) in [5.41, 5.74) is 0. The van der Waals surface area contributed by atoms with E-state index in [2.05, 4.69) is 11.8 Å². The second-order valence-corrected chi connectivity index (χ2v) is 4.32. The van der Waals surface area contributed by atoms with Gasteiger partial charge in [0.2, 0.25) is 0 Å². The van der Waals surface area contributed by atoms with Gasteiger partial charge in [0.25, 0.3) is 0 Å². The van der Waals surface area contributed by atoms with Gasteiger partial charge in [0.05, 0.1) is 6.10 Å². The van der Waals surface area contributed by atoms with Crippen LogP contribution < -0.4 is 0 Å². The molecule has 0 aromatic rings. The molecule has 2 fully saturated rings. The molecule has 0 aromatic heterocycles. The molecule has 0 radical (unpaired) electrons. The van der Waals surface area contributed by atoms with Crippen LogP contribution in [0.5, 0.6) is 0 Å². The Hall–Kier alpha value is -0.120. The fourth-order valence-electron chi connectivity index (χ4n) is 2.50. The van der Waals surface area contributed by atoms with Crippen molar-refractivity contribution in [1.82, 2.24) is 4.90 Å². The lowest BCUT2D eigenvalue weighted by atomic mass is 10.1. The lowest BCUT2D eigenvalue weighted by molar-refractivity contribution is -0.0717. The highest BCUT2D eigenvalue weighted by Crippen LogP contribution is 2.28. The molecule has 1 aliphatic heterocycles. The fourth-order valence-corrected chi connectivity index (χ4v) is 2.50. The minimum Gasteiger partial charge on any atom is -0.350 e. The lowest BCUT2D eigenvalue weighted by Gasteiger charge is -2.28. The quantitative estimate of drug-likeness (QED) is 0.693. The zero-order valence-corrected chi connectivity index (χ0v) is 9.08. The number of hydrogen-bond donors (Lipinski definition) is 0. The van der Waals surface area contributed by atoms with Crippen molar-refractivity contribution >= 4 is 0 Å². The Kier molecular flexibility index (Phi) is 3.79. The number of unbranched alkanes of at least 4 members (excludes halogenated alkanes) is 1. The molecule has 2 rings (SSSR count). The molecular formula is C11H21NO2. The standard InChI is InChI=1S/C11H21NO2/c1-2-3-7-12-8-13-9-14-11-6-4-5-10(11)12/h10-11H,2-9H2,1H3/t10-,11-/m0/s1. The van der Waals surface area contributed by atoms with Gasteiger partial charge in [-0.2, -0.15) is 0 Å². The molecule has 0 N–H and O–H groups in total. The number of rotatable bonds is 3. The van der Waals surface area contributed by atoms with Crippen molar-refractivity contribution in [2.24, 2.45) is 0 Å². The maximum Gasteiger partial charge on any atom is 0.148 e. The van der Waals surface area contributed by atoms with Gasteiger partial charge in [-0.3, -0.25) is 4.90 Å². The predicted octanol–water partition coefficient (Wildman–Crippen LogP) is 1.97. The summed E-state index contributed by atoms with van der Waals surface area (Å²) in [6.07, 6.45) is 6.79. The molecule has 1 saturated carbocycles. The predicted molar refractivity (Wildman–Crippen MR) is 54.9 cm³/mol. The fraction of sp³-hybridized carbons (Fsp3) is 1.00. The summed E-state index contributed by atoms with van der Waals surface area (Å²) in [5.74, 6) is 0. The first-order valence-electron chi connectivity index (χ1n) is 5.85. The maximum absolute atomic E-state index is 5.67. The lowest BCUT2D eigenvalue weighted by Crippen LogP contribution is -2.40. The van der Waals surface area contributed by atoms with Crippen LogP contribution >= 0.6 is 0 Å². The molecule has 2 atom stereocenters. The minimum atomic E-state index is 0.439. The highest BCUT2D eigenvalue weighted by atomic mass is 16.7. The molecule has 0 spiro atoms. The van der Waals surface area contributed by atoms with Gasteiger partial charge in [0.15, 0.2) is 0 Å². The smallest absolute Gasteiger partial charge is 0.148 e. The summed E-state index contributed by atoms with van der Waals surface area (Å²) in [6, 6.07) is 0.629. The topological polar surface area (TPSA) is 21.7 Å². The molecular weight excluding hydrogens is 178 g/mol. The molecule has 2 aliphatic rings. The zero-order chi connectivity index (χ0) is 9.80. The van der Waals surface area contributed by atoms with Crippen molar-refractivity contribution in [1.29, 1.82) is 0 Å². The third kappa shape index (κ3) is 2.27. The normalized spacial score (nSPS) is 34.1. The third-order valence-corrected chi connectivity index (χ3v) is 3.31. The second kappa shape index (κ2) is 5.10. The molecule has 1 saturated heterocycles. The van der Waals surface area contributed by atoms with E-state index in [1.807, 2.05) is 0 Å². The van der Waals surface area contributed by atoms with Gasteiger partial charge in [-0.15, -0.1) is 0 Å². The Bertz CT molecular complexity index is 175. The molecule has 0 unspecified atom stereocenters. The first-order valence-corrected chi connectivity index (χ1v) is 5.85. The van der Waals surface area contributed by atoms with Crippen molar-refractivity contribution in [3.05, 3.63) is 0 Å². The summed E-state index contributed by atoms with van der Waals surface area (Å²) < 4.78 is 11.1. The van der Waals surface area contributed by atoms with Crippen LogP contribution in [0.3, 0.4) is 0 Å². The minimum absolute atomic E-state index is 0.439. The van der Waals surface area contributed by atoms with Gasteiger partial charge >= 0.3 is 0 Å². The highest BCUT2D eigenvalue weighted by molar-refractivity contribution is 4.86. The Morgan fingerprint density at radius 3 is 3.14 bits per heavy atom. The highest BCUT2D eigenvalue weighted by Gasteiger charge is 2.34. The van der Waals surface area contributed by atoms with E-state index in [1.54, 1.807) is 0 Å². The van der Waals surface area contributed by atoms with Crippen LogP contribution in [-0.4, -0.2) is 37.1 Å². The van der Waals surface area contributed by atoms with E-state index < -0.39 is 0 Å². The molecule has 14 heavy (non-hydrogen) atoms. The van der Waals surface area contributed by atoms with Crippen molar-refractivity contribution in [3.63, 3.8) is 0 Å². The van der Waals surface area contributed by atoms with E-state index in [0.717, 1.165) is 6.73 Å². The van der Waals surface area contributed by atoms with Crippen molar-refractivity contribution in [2.45, 2.75) is 51.2 Å². The van der Waals surface area contributed by atoms with Crippen LogP contribution in [0, 0.1) is 0 Å². The number of hydrogen-bond acceptors (Lipinski definition) is 3. The number of fused-ring (bicyclic) bond motifs is 1. The zero-order valence-electron chi connectivity index (χ0n) is 9.08. The summed E-state index contributed by atoms with van der Waals surface area (Å²) in [7, 11) is 0. The van der Waals surface area contributed by atoms with E-state index in [-0.39, 0.29) is 0 Å². The first-order chi connectivity index (χ1) is 6.92. The first kappa shape index (κ1) is 10.4. The van der Waals surface area contributed by atoms with Crippen molar-refractivity contribution in [2.75, 3.05) is 20.1 Å². The SMILES string of the molecule is CCCCN1COCO[C@H]2CCC[C@@H]21. The summed E-state index contributed by atoms with van der Waals surface area (Å²) in [6.45, 7) is 4.66. The van der Waals surface area contributed by atoms with Crippen LogP contribution in [0.2, 0.25) is 0 Å². The number of nitrogens with zero attached hydrogens (tertiary/aromatic N) is 1. The largest absolute Gasteiger partial charge is 0.350 e. The Balaban J connectivity index is 1.91. The Labute approximate surface area is 86.4 Å². The molecule has 1 heterocycles. The van der Waals surface area contributed by atoms with Crippen LogP contribution in [-0.2, 0) is 9.47 Å². The van der Waals surface area contributed by atoms with E-state index in [0.29, 0.717) is 18.9 Å². The van der Waals surface area contributed by atoms with Gasteiger partial charge in [0.1, 0.15) is 13.5 Å². The van der Waals surface area contributed by atoms with Crippen molar-refractivity contribution < 1.29 is 9.47 Å². The van der Waals surface area contributed by atoms with Crippen LogP contribution in [0.15, 0.2) is 0 Å². The molecule has 3 heteroatoms. The van der Waals surface area contributed by atoms with Crippen LogP contribution in [0.1, 0.15) is 39.0 Å². The average molecular weight is 199 g/mol. The maximum atomic E-state index is 5.67. The summed E-state index contributed by atoms with van der Waals surface area (Å²) in [5, 5.41) is 0. The molecule has 1 aliphatic carbocycles. The van der Waals surface area contributed by atoms with Gasteiger partial charge in [-0.05, 0) is 25.7 Å². The van der Waals surface area contributed by atoms with Gasteiger partial charge in [-0.25, -0.2) is 0 Å². The van der Waals surface area contributed by atoms with Crippen LogP contribution in [0.25, 0.3) is 0 Å². The van der Waals surface area contributed by atoms with Crippen molar-refractivity contribution in [3.8, 4) is 0 Å². The Morgan fingerprint density at radius 2 is 2.29 bits per heavy atom. The summed E-state index contributed by atoms with van der Waals surface area (Å²) in [4.78, 5) is 2.47. The average Bonchev–Trinajstić information content (AvgIpc) is 2.58. The van der Waals surface area contributed by atoms with E-state index in [4.69, 9.17) is 9.47 Å². The number of ether oxygens (including phenoxy) is 2. The van der Waals surface area contributed by atoms with Crippen LogP contribution in [0.4, 0.5) is 0 Å². The third-order valence-electron chi connectivity index (χ3n) is 3.31. The molecule has 82 valence electrons. The van der Waals surface area contributed by atoms with Gasteiger partial charge < -0.3 is 9.47 Å². The molecule has 3 nitrogen and oxygen atoms in total. The van der Waals surface area contributed by atoms with Gasteiger partial charge in [-0.1, -0.05) is 13.3 Å². The van der Waals surface area contributed by atoms with Gasteiger partial charge in [0, 0.05) is 12.6 Å². The second-order valence-electron chi connectivity index (χ2n) is 4.32. The van der Waals surface area contributed by atoms with E-state index in [9.17, 15) is 0 Å². The monoisotopic (exact) mass is 199 g/mol.